The number of nitrogens with zero attached hydrogens (tertiary/aromatic N) is 1. The average Bonchev–Trinajstić information content (AvgIpc) is 2.59. The van der Waals surface area contributed by atoms with Crippen molar-refractivity contribution in [1.29, 1.82) is 0 Å². The summed E-state index contributed by atoms with van der Waals surface area (Å²) >= 11 is 0. The van der Waals surface area contributed by atoms with Crippen molar-refractivity contribution in [3.63, 3.8) is 0 Å². The Morgan fingerprint density at radius 3 is 3.06 bits per heavy atom. The van der Waals surface area contributed by atoms with E-state index in [1.807, 2.05) is 6.08 Å². The topological polar surface area (TPSA) is 46.6 Å². The van der Waals surface area contributed by atoms with Crippen LogP contribution < -0.4 is 0 Å². The maximum atomic E-state index is 12.0. The predicted octanol–water partition coefficient (Wildman–Crippen LogP) is 0.933. The lowest BCUT2D eigenvalue weighted by molar-refractivity contribution is -0.146. The zero-order valence-electron chi connectivity index (χ0n) is 10.4. The van der Waals surface area contributed by atoms with E-state index < -0.39 is 0 Å². The first-order chi connectivity index (χ1) is 8.72. The summed E-state index contributed by atoms with van der Waals surface area (Å²) in [6.45, 7) is 0.735. The van der Waals surface area contributed by atoms with Gasteiger partial charge in [0.1, 0.15) is 6.04 Å². The zero-order valence-corrected chi connectivity index (χ0v) is 10.4. The summed E-state index contributed by atoms with van der Waals surface area (Å²) < 4.78 is 4.89. The number of carbonyl (C=O) groups excluding carboxylic acids is 2. The van der Waals surface area contributed by atoms with Crippen molar-refractivity contribution in [1.82, 2.24) is 4.90 Å². The number of hydrogen-bond acceptors (Lipinski definition) is 4. The van der Waals surface area contributed by atoms with E-state index in [-0.39, 0.29) is 29.8 Å². The zero-order chi connectivity index (χ0) is 12.7. The van der Waals surface area contributed by atoms with Gasteiger partial charge in [0.15, 0.2) is 5.78 Å². The second kappa shape index (κ2) is 4.35. The van der Waals surface area contributed by atoms with Gasteiger partial charge in [-0.1, -0.05) is 18.2 Å². The molecule has 1 saturated heterocycles. The van der Waals surface area contributed by atoms with Gasteiger partial charge in [0.05, 0.1) is 7.11 Å². The normalized spacial score (nSPS) is 38.4. The number of rotatable bonds is 1. The van der Waals surface area contributed by atoms with Crippen LogP contribution in [0.15, 0.2) is 24.3 Å². The Balaban J connectivity index is 1.96. The molecule has 1 aliphatic carbocycles. The molecule has 0 aromatic heterocycles. The predicted molar refractivity (Wildman–Crippen MR) is 65.8 cm³/mol. The SMILES string of the molecule is COC(=O)[C@@H]1C[C@@H]2C=CC(=O)[C@H]3CC=CCN1[C@H]32. The van der Waals surface area contributed by atoms with Gasteiger partial charge in [-0.15, -0.1) is 0 Å². The Kier molecular flexibility index (Phi) is 2.82. The molecule has 4 heteroatoms. The molecule has 4 nitrogen and oxygen atoms in total. The maximum Gasteiger partial charge on any atom is 0.323 e. The molecule has 0 spiro atoms. The van der Waals surface area contributed by atoms with Gasteiger partial charge in [0.25, 0.3) is 0 Å². The van der Waals surface area contributed by atoms with Crippen molar-refractivity contribution in [2.24, 2.45) is 11.8 Å². The molecule has 96 valence electrons. The van der Waals surface area contributed by atoms with Gasteiger partial charge in [-0.05, 0) is 24.8 Å². The molecule has 0 saturated carbocycles. The Morgan fingerprint density at radius 1 is 1.44 bits per heavy atom. The lowest BCUT2D eigenvalue weighted by Crippen LogP contribution is -2.47. The summed E-state index contributed by atoms with van der Waals surface area (Å²) in [6, 6.07) is -0.0348. The third-order valence-corrected chi connectivity index (χ3v) is 4.35. The minimum absolute atomic E-state index is 0.00778. The van der Waals surface area contributed by atoms with Crippen molar-refractivity contribution in [2.75, 3.05) is 13.7 Å². The van der Waals surface area contributed by atoms with Gasteiger partial charge < -0.3 is 4.74 Å². The van der Waals surface area contributed by atoms with E-state index in [4.69, 9.17) is 4.74 Å². The number of esters is 1. The fourth-order valence-corrected chi connectivity index (χ4v) is 3.53. The van der Waals surface area contributed by atoms with Crippen molar-refractivity contribution in [2.45, 2.75) is 24.9 Å². The Morgan fingerprint density at radius 2 is 2.28 bits per heavy atom. The minimum atomic E-state index is -0.203. The maximum absolute atomic E-state index is 12.0. The molecule has 0 aromatic carbocycles. The van der Waals surface area contributed by atoms with Crippen LogP contribution in [0.2, 0.25) is 0 Å². The molecule has 0 bridgehead atoms. The number of allylic oxidation sites excluding steroid dienone is 2. The minimum Gasteiger partial charge on any atom is -0.468 e. The van der Waals surface area contributed by atoms with E-state index in [1.165, 1.54) is 7.11 Å². The molecule has 18 heavy (non-hydrogen) atoms. The summed E-state index contributed by atoms with van der Waals surface area (Å²) in [4.78, 5) is 26.0. The monoisotopic (exact) mass is 247 g/mol. The van der Waals surface area contributed by atoms with Crippen LogP contribution in [0.25, 0.3) is 0 Å². The third kappa shape index (κ3) is 1.63. The number of ketones is 1. The highest BCUT2D eigenvalue weighted by Crippen LogP contribution is 2.41. The smallest absolute Gasteiger partial charge is 0.323 e. The van der Waals surface area contributed by atoms with E-state index in [9.17, 15) is 9.59 Å². The van der Waals surface area contributed by atoms with Crippen LogP contribution in [-0.4, -0.2) is 42.4 Å². The largest absolute Gasteiger partial charge is 0.468 e. The van der Waals surface area contributed by atoms with E-state index in [1.54, 1.807) is 6.08 Å². The second-order valence-electron chi connectivity index (χ2n) is 5.20. The summed E-state index contributed by atoms with van der Waals surface area (Å²) in [5.74, 6) is 0.322. The van der Waals surface area contributed by atoms with Crippen LogP contribution in [0.3, 0.4) is 0 Å². The molecule has 3 aliphatic rings. The molecular weight excluding hydrogens is 230 g/mol. The molecule has 0 N–H and O–H groups in total. The molecule has 0 unspecified atom stereocenters. The highest BCUT2D eigenvalue weighted by atomic mass is 16.5. The van der Waals surface area contributed by atoms with Gasteiger partial charge in [-0.2, -0.15) is 0 Å². The van der Waals surface area contributed by atoms with Crippen LogP contribution in [0.5, 0.6) is 0 Å². The Labute approximate surface area is 106 Å². The standard InChI is InChI=1S/C14H17NO3/c1-18-14(17)11-8-9-5-6-12(16)10-4-2-3-7-15(11)13(9)10/h2-3,5-6,9-11,13H,4,7-8H2,1H3/t9-,10+,11-,13-/m0/s1. The van der Waals surface area contributed by atoms with Gasteiger partial charge in [0, 0.05) is 18.5 Å². The van der Waals surface area contributed by atoms with Crippen molar-refractivity contribution < 1.29 is 14.3 Å². The van der Waals surface area contributed by atoms with Gasteiger partial charge in [-0.3, -0.25) is 14.5 Å². The summed E-state index contributed by atoms with van der Waals surface area (Å²) in [7, 11) is 1.43. The number of hydrogen-bond donors (Lipinski definition) is 0. The first kappa shape index (κ1) is 11.7. The Hall–Kier alpha value is -1.42. The lowest BCUT2D eigenvalue weighted by Gasteiger charge is -2.34. The molecule has 0 aromatic rings. The number of methoxy groups -OCH3 is 1. The molecule has 2 heterocycles. The van der Waals surface area contributed by atoms with Gasteiger partial charge >= 0.3 is 5.97 Å². The molecule has 1 fully saturated rings. The van der Waals surface area contributed by atoms with E-state index in [0.29, 0.717) is 5.92 Å². The number of ether oxygens (including phenoxy) is 1. The van der Waals surface area contributed by atoms with Crippen molar-refractivity contribution in [3.8, 4) is 0 Å². The van der Waals surface area contributed by atoms with Gasteiger partial charge in [0.2, 0.25) is 0 Å². The highest BCUT2D eigenvalue weighted by Gasteiger charge is 2.50. The molecular formula is C14H17NO3. The lowest BCUT2D eigenvalue weighted by atomic mass is 9.79. The first-order valence-electron chi connectivity index (χ1n) is 6.43. The van der Waals surface area contributed by atoms with E-state index >= 15 is 0 Å². The quantitative estimate of drug-likeness (QED) is 0.511. The second-order valence-corrected chi connectivity index (χ2v) is 5.20. The molecule has 2 aliphatic heterocycles. The van der Waals surface area contributed by atoms with Crippen LogP contribution in [0, 0.1) is 11.8 Å². The molecule has 0 amide bonds. The van der Waals surface area contributed by atoms with E-state index in [2.05, 4.69) is 17.1 Å². The number of carbonyl (C=O) groups is 2. The summed E-state index contributed by atoms with van der Waals surface area (Å²) in [6.07, 6.45) is 9.35. The third-order valence-electron chi connectivity index (χ3n) is 4.35. The van der Waals surface area contributed by atoms with Crippen LogP contribution in [-0.2, 0) is 14.3 Å². The molecule has 0 radical (unpaired) electrons. The molecule has 4 atom stereocenters. The Bertz CT molecular complexity index is 440. The van der Waals surface area contributed by atoms with Crippen LogP contribution >= 0.6 is 0 Å². The van der Waals surface area contributed by atoms with Crippen LogP contribution in [0.4, 0.5) is 0 Å². The highest BCUT2D eigenvalue weighted by molar-refractivity contribution is 5.94. The summed E-state index contributed by atoms with van der Waals surface area (Å²) in [5.41, 5.74) is 0. The fourth-order valence-electron chi connectivity index (χ4n) is 3.53. The first-order valence-corrected chi connectivity index (χ1v) is 6.43. The average molecular weight is 247 g/mol. The van der Waals surface area contributed by atoms with Crippen molar-refractivity contribution in [3.05, 3.63) is 24.3 Å². The van der Waals surface area contributed by atoms with Crippen molar-refractivity contribution >= 4 is 11.8 Å². The van der Waals surface area contributed by atoms with Crippen LogP contribution in [0.1, 0.15) is 12.8 Å². The summed E-state index contributed by atoms with van der Waals surface area (Å²) in [5, 5.41) is 0. The van der Waals surface area contributed by atoms with E-state index in [0.717, 1.165) is 19.4 Å². The fraction of sp³-hybridized carbons (Fsp3) is 0.571. The van der Waals surface area contributed by atoms with Gasteiger partial charge in [-0.25, -0.2) is 0 Å². The molecule has 3 rings (SSSR count).